The Morgan fingerprint density at radius 1 is 1.18 bits per heavy atom. The monoisotopic (exact) mass is 306 g/mol. The van der Waals surface area contributed by atoms with E-state index in [-0.39, 0.29) is 17.5 Å². The molecule has 5 unspecified atom stereocenters. The van der Waals surface area contributed by atoms with Gasteiger partial charge in [-0.3, -0.25) is 4.79 Å². The van der Waals surface area contributed by atoms with Crippen LogP contribution in [0.3, 0.4) is 0 Å². The molecule has 0 amide bonds. The van der Waals surface area contributed by atoms with Crippen LogP contribution in [0.2, 0.25) is 0 Å². The average molecular weight is 306 g/mol. The molecular weight excluding hydrogens is 272 g/mol. The lowest BCUT2D eigenvalue weighted by atomic mass is 9.64. The van der Waals surface area contributed by atoms with Gasteiger partial charge in [0.1, 0.15) is 5.60 Å². The van der Waals surface area contributed by atoms with Crippen LogP contribution >= 0.6 is 0 Å². The van der Waals surface area contributed by atoms with E-state index in [9.17, 15) is 4.79 Å². The second-order valence-electron chi connectivity index (χ2n) is 9.39. The summed E-state index contributed by atoms with van der Waals surface area (Å²) in [6.07, 6.45) is 7.22. The quantitative estimate of drug-likeness (QED) is 0.669. The standard InChI is InChI=1S/C20H34O2/c1-7-13(2)17(21)22-19(6)10-11-20-12-16(19)18(4,5)15(20)9-8-14(20)3/h13-16H,7-12H2,1-6H3/t13?,14-,15?,16?,19?,20?/m1/s1. The van der Waals surface area contributed by atoms with Gasteiger partial charge in [-0.25, -0.2) is 0 Å². The molecule has 126 valence electrons. The number of hydrogen-bond acceptors (Lipinski definition) is 2. The lowest BCUT2D eigenvalue weighted by molar-refractivity contribution is -0.178. The third-order valence-electron chi connectivity index (χ3n) is 8.12. The molecule has 0 saturated heterocycles. The Bertz CT molecular complexity index is 468. The second-order valence-corrected chi connectivity index (χ2v) is 9.39. The fraction of sp³-hybridized carbons (Fsp3) is 0.950. The maximum Gasteiger partial charge on any atom is 0.309 e. The summed E-state index contributed by atoms with van der Waals surface area (Å²) >= 11 is 0. The van der Waals surface area contributed by atoms with Gasteiger partial charge in [0.15, 0.2) is 0 Å². The predicted octanol–water partition coefficient (Wildman–Crippen LogP) is 5.21. The van der Waals surface area contributed by atoms with Crippen LogP contribution in [0.4, 0.5) is 0 Å². The van der Waals surface area contributed by atoms with Gasteiger partial charge in [-0.05, 0) is 68.1 Å². The Balaban J connectivity index is 1.88. The van der Waals surface area contributed by atoms with Crippen molar-refractivity contribution in [2.45, 2.75) is 85.7 Å². The first kappa shape index (κ1) is 16.3. The molecule has 0 radical (unpaired) electrons. The summed E-state index contributed by atoms with van der Waals surface area (Å²) in [7, 11) is 0. The first-order chi connectivity index (χ1) is 10.2. The van der Waals surface area contributed by atoms with Crippen LogP contribution in [0.15, 0.2) is 0 Å². The van der Waals surface area contributed by atoms with Crippen LogP contribution in [-0.2, 0) is 9.53 Å². The largest absolute Gasteiger partial charge is 0.459 e. The van der Waals surface area contributed by atoms with E-state index in [2.05, 4.69) is 34.6 Å². The number of carbonyl (C=O) groups is 1. The van der Waals surface area contributed by atoms with Gasteiger partial charge in [0.05, 0.1) is 5.92 Å². The zero-order valence-corrected chi connectivity index (χ0v) is 15.4. The number of esters is 1. The van der Waals surface area contributed by atoms with E-state index in [1.807, 2.05) is 6.92 Å². The highest BCUT2D eigenvalue weighted by atomic mass is 16.6. The van der Waals surface area contributed by atoms with E-state index < -0.39 is 0 Å². The number of ether oxygens (including phenoxy) is 1. The molecule has 3 aliphatic rings. The summed E-state index contributed by atoms with van der Waals surface area (Å²) in [5, 5.41) is 0. The first-order valence-corrected chi connectivity index (χ1v) is 9.40. The molecule has 22 heavy (non-hydrogen) atoms. The lowest BCUT2D eigenvalue weighted by Crippen LogP contribution is -2.48. The molecular formula is C20H34O2. The summed E-state index contributed by atoms with van der Waals surface area (Å²) < 4.78 is 6.16. The molecule has 6 atom stereocenters. The minimum absolute atomic E-state index is 0.0156. The molecule has 3 fully saturated rings. The highest BCUT2D eigenvalue weighted by Gasteiger charge is 2.68. The highest BCUT2D eigenvalue weighted by Crippen LogP contribution is 2.73. The molecule has 3 rings (SSSR count). The van der Waals surface area contributed by atoms with Crippen LogP contribution in [0.25, 0.3) is 0 Å². The van der Waals surface area contributed by atoms with Gasteiger partial charge in [-0.15, -0.1) is 0 Å². The molecule has 2 heteroatoms. The molecule has 0 aromatic rings. The van der Waals surface area contributed by atoms with Crippen molar-refractivity contribution in [1.29, 1.82) is 0 Å². The Kier molecular flexibility index (Phi) is 3.70. The molecule has 1 spiro atoms. The van der Waals surface area contributed by atoms with E-state index in [4.69, 9.17) is 4.74 Å². The Morgan fingerprint density at radius 2 is 1.86 bits per heavy atom. The van der Waals surface area contributed by atoms with Crippen molar-refractivity contribution >= 4 is 5.97 Å². The summed E-state index contributed by atoms with van der Waals surface area (Å²) in [6.45, 7) is 13.6. The molecule has 2 bridgehead atoms. The van der Waals surface area contributed by atoms with Gasteiger partial charge in [0, 0.05) is 5.92 Å². The Morgan fingerprint density at radius 3 is 2.50 bits per heavy atom. The van der Waals surface area contributed by atoms with Gasteiger partial charge in [0.2, 0.25) is 0 Å². The van der Waals surface area contributed by atoms with E-state index >= 15 is 0 Å². The highest BCUT2D eigenvalue weighted by molar-refractivity contribution is 5.72. The van der Waals surface area contributed by atoms with Gasteiger partial charge < -0.3 is 4.74 Å². The smallest absolute Gasteiger partial charge is 0.309 e. The van der Waals surface area contributed by atoms with E-state index in [1.54, 1.807) is 0 Å². The van der Waals surface area contributed by atoms with Gasteiger partial charge >= 0.3 is 5.97 Å². The van der Waals surface area contributed by atoms with E-state index in [0.29, 0.717) is 16.7 Å². The number of hydrogen-bond donors (Lipinski definition) is 0. The van der Waals surface area contributed by atoms with Crippen LogP contribution in [0, 0.1) is 34.5 Å². The maximum atomic E-state index is 12.4. The average Bonchev–Trinajstić information content (AvgIpc) is 2.88. The van der Waals surface area contributed by atoms with Crippen LogP contribution < -0.4 is 0 Å². The Hall–Kier alpha value is -0.530. The van der Waals surface area contributed by atoms with Gasteiger partial charge in [-0.2, -0.15) is 0 Å². The van der Waals surface area contributed by atoms with Crippen LogP contribution in [0.1, 0.15) is 80.1 Å². The van der Waals surface area contributed by atoms with Gasteiger partial charge in [-0.1, -0.05) is 34.6 Å². The lowest BCUT2D eigenvalue weighted by Gasteiger charge is -2.47. The molecule has 0 aromatic heterocycles. The van der Waals surface area contributed by atoms with Crippen molar-refractivity contribution in [3.05, 3.63) is 0 Å². The third kappa shape index (κ3) is 2.01. The van der Waals surface area contributed by atoms with Crippen molar-refractivity contribution in [3.63, 3.8) is 0 Å². The van der Waals surface area contributed by atoms with Crippen molar-refractivity contribution in [2.24, 2.45) is 34.5 Å². The fourth-order valence-electron chi connectivity index (χ4n) is 6.48. The van der Waals surface area contributed by atoms with Crippen molar-refractivity contribution in [1.82, 2.24) is 0 Å². The maximum absolute atomic E-state index is 12.4. The topological polar surface area (TPSA) is 26.3 Å². The summed E-state index contributed by atoms with van der Waals surface area (Å²) in [5.41, 5.74) is 0.585. The molecule has 0 aromatic carbocycles. The summed E-state index contributed by atoms with van der Waals surface area (Å²) in [5.74, 6) is 2.23. The van der Waals surface area contributed by atoms with E-state index in [0.717, 1.165) is 24.7 Å². The zero-order valence-electron chi connectivity index (χ0n) is 15.4. The normalized spacial score (nSPS) is 47.1. The molecule has 2 nitrogen and oxygen atoms in total. The van der Waals surface area contributed by atoms with Crippen molar-refractivity contribution < 1.29 is 9.53 Å². The zero-order chi connectivity index (χ0) is 16.3. The number of fused-ring (bicyclic) bond motifs is 1. The summed E-state index contributed by atoms with van der Waals surface area (Å²) in [4.78, 5) is 12.4. The predicted molar refractivity (Wildman–Crippen MR) is 89.4 cm³/mol. The molecule has 3 saturated carbocycles. The fourth-order valence-corrected chi connectivity index (χ4v) is 6.48. The van der Waals surface area contributed by atoms with E-state index in [1.165, 1.54) is 25.7 Å². The minimum atomic E-state index is -0.251. The molecule has 0 N–H and O–H groups in total. The van der Waals surface area contributed by atoms with Crippen molar-refractivity contribution in [3.8, 4) is 0 Å². The first-order valence-electron chi connectivity index (χ1n) is 9.40. The minimum Gasteiger partial charge on any atom is -0.459 e. The molecule has 0 aliphatic heterocycles. The number of carbonyl (C=O) groups excluding carboxylic acids is 1. The van der Waals surface area contributed by atoms with Gasteiger partial charge in [0.25, 0.3) is 0 Å². The second kappa shape index (κ2) is 4.98. The number of rotatable bonds is 3. The van der Waals surface area contributed by atoms with Crippen LogP contribution in [0.5, 0.6) is 0 Å². The van der Waals surface area contributed by atoms with Crippen molar-refractivity contribution in [2.75, 3.05) is 0 Å². The molecule has 3 aliphatic carbocycles. The third-order valence-corrected chi connectivity index (χ3v) is 8.12. The van der Waals surface area contributed by atoms with Crippen LogP contribution in [-0.4, -0.2) is 11.6 Å². The SMILES string of the molecule is CCC(C)C(=O)OC1(C)CCC23CC1C(C)(C)C2CC[C@H]3C. The molecule has 0 heterocycles. The summed E-state index contributed by atoms with van der Waals surface area (Å²) in [6, 6.07) is 0. The Labute approximate surface area is 136 Å².